The lowest BCUT2D eigenvalue weighted by atomic mass is 9.96. The quantitative estimate of drug-likeness (QED) is 0.893. The van der Waals surface area contributed by atoms with Crippen molar-refractivity contribution in [3.8, 4) is 0 Å². The molecule has 1 amide bonds. The van der Waals surface area contributed by atoms with Gasteiger partial charge in [0.2, 0.25) is 5.91 Å². The van der Waals surface area contributed by atoms with Crippen molar-refractivity contribution in [1.29, 1.82) is 0 Å². The highest BCUT2D eigenvalue weighted by Gasteiger charge is 2.40. The van der Waals surface area contributed by atoms with E-state index in [1.165, 1.54) is 18.4 Å². The van der Waals surface area contributed by atoms with Crippen molar-refractivity contribution in [2.24, 2.45) is 5.73 Å². The van der Waals surface area contributed by atoms with E-state index in [1.807, 2.05) is 12.1 Å². The summed E-state index contributed by atoms with van der Waals surface area (Å²) in [4.78, 5) is 14.0. The lowest BCUT2D eigenvalue weighted by Crippen LogP contribution is -2.50. The SMILES string of the molecule is NCC(=O)NC1C[C@H]2CC[C@@H](C1)N2Cc1ccc(Cl)cc1. The summed E-state index contributed by atoms with van der Waals surface area (Å²) in [6.45, 7) is 1.06. The highest BCUT2D eigenvalue weighted by molar-refractivity contribution is 6.30. The second-order valence-corrected chi connectivity index (χ2v) is 6.56. The normalized spacial score (nSPS) is 28.6. The lowest BCUT2D eigenvalue weighted by molar-refractivity contribution is -0.120. The van der Waals surface area contributed by atoms with Crippen LogP contribution in [-0.2, 0) is 11.3 Å². The minimum Gasteiger partial charge on any atom is -0.352 e. The van der Waals surface area contributed by atoms with Gasteiger partial charge in [-0.25, -0.2) is 0 Å². The first-order chi connectivity index (χ1) is 10.2. The molecule has 2 heterocycles. The van der Waals surface area contributed by atoms with Crippen molar-refractivity contribution < 1.29 is 4.79 Å². The molecule has 0 saturated carbocycles. The maximum Gasteiger partial charge on any atom is 0.233 e. The summed E-state index contributed by atoms with van der Waals surface area (Å²) in [7, 11) is 0. The molecule has 0 aliphatic carbocycles. The van der Waals surface area contributed by atoms with Gasteiger partial charge in [0.1, 0.15) is 0 Å². The molecule has 2 saturated heterocycles. The van der Waals surface area contributed by atoms with Crippen LogP contribution >= 0.6 is 11.6 Å². The number of benzene rings is 1. The van der Waals surface area contributed by atoms with E-state index in [-0.39, 0.29) is 12.5 Å². The molecule has 2 aliphatic rings. The third kappa shape index (κ3) is 3.39. The van der Waals surface area contributed by atoms with Gasteiger partial charge in [-0.05, 0) is 43.4 Å². The zero-order valence-electron chi connectivity index (χ0n) is 12.1. The first-order valence-corrected chi connectivity index (χ1v) is 8.03. The number of hydrogen-bond donors (Lipinski definition) is 2. The minimum absolute atomic E-state index is 0.0365. The van der Waals surface area contributed by atoms with Crippen LogP contribution in [0.1, 0.15) is 31.2 Å². The molecule has 1 aromatic carbocycles. The van der Waals surface area contributed by atoms with Crippen LogP contribution in [0.2, 0.25) is 5.02 Å². The van der Waals surface area contributed by atoms with Gasteiger partial charge >= 0.3 is 0 Å². The molecule has 2 bridgehead atoms. The Bertz CT molecular complexity index is 491. The summed E-state index contributed by atoms with van der Waals surface area (Å²) < 4.78 is 0. The molecule has 1 unspecified atom stereocenters. The topological polar surface area (TPSA) is 58.4 Å². The average Bonchev–Trinajstić information content (AvgIpc) is 2.71. The number of hydrogen-bond acceptors (Lipinski definition) is 3. The smallest absolute Gasteiger partial charge is 0.233 e. The second kappa shape index (κ2) is 6.34. The predicted molar refractivity (Wildman–Crippen MR) is 84.0 cm³/mol. The Morgan fingerprint density at radius 3 is 2.43 bits per heavy atom. The van der Waals surface area contributed by atoms with E-state index in [0.717, 1.165) is 24.4 Å². The molecular weight excluding hydrogens is 286 g/mol. The van der Waals surface area contributed by atoms with Gasteiger partial charge < -0.3 is 11.1 Å². The predicted octanol–water partition coefficient (Wildman–Crippen LogP) is 1.91. The average molecular weight is 308 g/mol. The van der Waals surface area contributed by atoms with Gasteiger partial charge in [-0.2, -0.15) is 0 Å². The molecule has 3 atom stereocenters. The van der Waals surface area contributed by atoms with Crippen LogP contribution in [0, 0.1) is 0 Å². The first kappa shape index (κ1) is 14.8. The van der Waals surface area contributed by atoms with Crippen LogP contribution in [0.3, 0.4) is 0 Å². The van der Waals surface area contributed by atoms with Crippen molar-refractivity contribution >= 4 is 17.5 Å². The number of nitrogens with zero attached hydrogens (tertiary/aromatic N) is 1. The number of nitrogens with two attached hydrogens (primary N) is 1. The van der Waals surface area contributed by atoms with Crippen LogP contribution in [0.25, 0.3) is 0 Å². The highest BCUT2D eigenvalue weighted by Crippen LogP contribution is 2.36. The number of piperidine rings is 1. The van der Waals surface area contributed by atoms with Crippen LogP contribution in [0.15, 0.2) is 24.3 Å². The molecule has 114 valence electrons. The first-order valence-electron chi connectivity index (χ1n) is 7.65. The van der Waals surface area contributed by atoms with Gasteiger partial charge in [-0.3, -0.25) is 9.69 Å². The Labute approximate surface area is 130 Å². The number of rotatable bonds is 4. The molecule has 2 fully saturated rings. The van der Waals surface area contributed by atoms with Crippen LogP contribution in [0.4, 0.5) is 0 Å². The second-order valence-electron chi connectivity index (χ2n) is 6.12. The standard InChI is InChI=1S/C16H22ClN3O/c17-12-3-1-11(2-4-12)10-20-14-5-6-15(20)8-13(7-14)19-16(21)9-18/h1-4,13-15H,5-10,18H2,(H,19,21)/t13?,14-,15+. The van der Waals surface area contributed by atoms with Crippen LogP contribution < -0.4 is 11.1 Å². The van der Waals surface area contributed by atoms with Gasteiger partial charge in [0.15, 0.2) is 0 Å². The summed E-state index contributed by atoms with van der Waals surface area (Å²) >= 11 is 5.94. The number of carbonyl (C=O) groups is 1. The molecule has 21 heavy (non-hydrogen) atoms. The van der Waals surface area contributed by atoms with Crippen molar-refractivity contribution in [3.05, 3.63) is 34.9 Å². The van der Waals surface area contributed by atoms with Gasteiger partial charge in [0.05, 0.1) is 6.54 Å². The third-order valence-corrected chi connectivity index (χ3v) is 4.97. The molecule has 0 spiro atoms. The fourth-order valence-corrected chi connectivity index (χ4v) is 3.86. The van der Waals surface area contributed by atoms with Crippen molar-refractivity contribution in [3.63, 3.8) is 0 Å². The van der Waals surface area contributed by atoms with E-state index in [0.29, 0.717) is 18.1 Å². The van der Waals surface area contributed by atoms with Crippen molar-refractivity contribution in [2.75, 3.05) is 6.54 Å². The Kier molecular flexibility index (Phi) is 4.48. The van der Waals surface area contributed by atoms with Gasteiger partial charge in [0, 0.05) is 29.7 Å². The van der Waals surface area contributed by atoms with Gasteiger partial charge in [-0.15, -0.1) is 0 Å². The lowest BCUT2D eigenvalue weighted by Gasteiger charge is -2.39. The van der Waals surface area contributed by atoms with E-state index in [1.54, 1.807) is 0 Å². The largest absolute Gasteiger partial charge is 0.352 e. The number of amides is 1. The molecule has 5 heteroatoms. The summed E-state index contributed by atoms with van der Waals surface area (Å²) in [5, 5.41) is 3.84. The monoisotopic (exact) mass is 307 g/mol. The Hall–Kier alpha value is -1.10. The molecule has 4 nitrogen and oxygen atoms in total. The van der Waals surface area contributed by atoms with Crippen molar-refractivity contribution in [2.45, 2.75) is 50.4 Å². The van der Waals surface area contributed by atoms with E-state index in [9.17, 15) is 4.79 Å². The zero-order valence-corrected chi connectivity index (χ0v) is 12.9. The van der Waals surface area contributed by atoms with E-state index in [2.05, 4.69) is 22.3 Å². The zero-order chi connectivity index (χ0) is 14.8. The van der Waals surface area contributed by atoms with Crippen molar-refractivity contribution in [1.82, 2.24) is 10.2 Å². The molecule has 2 aliphatic heterocycles. The Morgan fingerprint density at radius 2 is 1.86 bits per heavy atom. The molecule has 0 aromatic heterocycles. The van der Waals surface area contributed by atoms with Gasteiger partial charge in [-0.1, -0.05) is 23.7 Å². The molecular formula is C16H22ClN3O. The summed E-state index contributed by atoms with van der Waals surface area (Å²) in [6.07, 6.45) is 4.53. The van der Waals surface area contributed by atoms with E-state index in [4.69, 9.17) is 17.3 Å². The number of carbonyl (C=O) groups excluding carboxylic acids is 1. The fourth-order valence-electron chi connectivity index (χ4n) is 3.74. The van der Waals surface area contributed by atoms with E-state index < -0.39 is 0 Å². The van der Waals surface area contributed by atoms with E-state index >= 15 is 0 Å². The molecule has 1 aromatic rings. The fraction of sp³-hybridized carbons (Fsp3) is 0.562. The molecule has 3 N–H and O–H groups in total. The number of nitrogens with one attached hydrogen (secondary N) is 1. The maximum atomic E-state index is 11.5. The number of fused-ring (bicyclic) bond motifs is 2. The summed E-state index contributed by atoms with van der Waals surface area (Å²) in [5.74, 6) is -0.0365. The van der Waals surface area contributed by atoms with Crippen LogP contribution in [0.5, 0.6) is 0 Å². The molecule has 0 radical (unpaired) electrons. The maximum absolute atomic E-state index is 11.5. The summed E-state index contributed by atoms with van der Waals surface area (Å²) in [6, 6.07) is 9.54. The van der Waals surface area contributed by atoms with Gasteiger partial charge in [0.25, 0.3) is 0 Å². The Morgan fingerprint density at radius 1 is 1.24 bits per heavy atom. The van der Waals surface area contributed by atoms with Crippen LogP contribution in [-0.4, -0.2) is 35.5 Å². The molecule has 3 rings (SSSR count). The Balaban J connectivity index is 1.62. The minimum atomic E-state index is -0.0365. The highest BCUT2D eigenvalue weighted by atomic mass is 35.5. The number of halogens is 1. The third-order valence-electron chi connectivity index (χ3n) is 4.71. The summed E-state index contributed by atoms with van der Waals surface area (Å²) in [5.41, 5.74) is 6.69.